The Labute approximate surface area is 164 Å². The van der Waals surface area contributed by atoms with E-state index < -0.39 is 11.8 Å². The van der Waals surface area contributed by atoms with Gasteiger partial charge in [0.2, 0.25) is 5.76 Å². The van der Waals surface area contributed by atoms with Gasteiger partial charge in [-0.15, -0.1) is 0 Å². The van der Waals surface area contributed by atoms with Crippen LogP contribution in [0.4, 0.5) is 4.39 Å². The summed E-state index contributed by atoms with van der Waals surface area (Å²) in [4.78, 5) is 36.8. The maximum Gasteiger partial charge on any atom is 0.379 e. The number of rotatable bonds is 4. The lowest BCUT2D eigenvalue weighted by Gasteiger charge is -2.06. The first-order valence-electron chi connectivity index (χ1n) is 8.67. The highest BCUT2D eigenvalue weighted by molar-refractivity contribution is 6.09. The molecule has 0 radical (unpaired) electrons. The van der Waals surface area contributed by atoms with Gasteiger partial charge in [-0.05, 0) is 60.7 Å². The maximum atomic E-state index is 13.0. The van der Waals surface area contributed by atoms with Crippen molar-refractivity contribution < 1.29 is 23.1 Å². The molecular formula is C23H13FO5. The number of fused-ring (bicyclic) bond motifs is 1. The van der Waals surface area contributed by atoms with E-state index in [1.54, 1.807) is 24.3 Å². The molecule has 0 saturated carbocycles. The average Bonchev–Trinajstić information content (AvgIpc) is 2.74. The third kappa shape index (κ3) is 3.82. The molecule has 0 aliphatic rings. The molecule has 5 nitrogen and oxygen atoms in total. The van der Waals surface area contributed by atoms with Crippen LogP contribution in [0, 0.1) is 5.82 Å². The van der Waals surface area contributed by atoms with Crippen molar-refractivity contribution in [3.8, 4) is 5.75 Å². The highest BCUT2D eigenvalue weighted by atomic mass is 19.1. The molecular weight excluding hydrogens is 375 g/mol. The molecule has 0 atom stereocenters. The Morgan fingerprint density at radius 1 is 0.828 bits per heavy atom. The first-order valence-corrected chi connectivity index (χ1v) is 8.67. The second-order valence-corrected chi connectivity index (χ2v) is 6.22. The number of halogens is 1. The predicted octanol–water partition coefficient (Wildman–Crippen LogP) is 4.38. The van der Waals surface area contributed by atoms with Crippen molar-refractivity contribution >= 4 is 22.7 Å². The lowest BCUT2D eigenvalue weighted by molar-refractivity contribution is 0.0702. The standard InChI is InChI=1S/C23H13FO5/c24-16-9-5-14(6-10-16)22(26)15-7-11-17(12-8-15)28-23(27)21-13-19(25)18-3-1-2-4-20(18)29-21/h1-13H. The average molecular weight is 388 g/mol. The van der Waals surface area contributed by atoms with Crippen LogP contribution in [0.25, 0.3) is 11.0 Å². The van der Waals surface area contributed by atoms with Gasteiger partial charge in [-0.3, -0.25) is 9.59 Å². The number of ether oxygens (including phenoxy) is 1. The quantitative estimate of drug-likeness (QED) is 0.295. The maximum absolute atomic E-state index is 13.0. The van der Waals surface area contributed by atoms with E-state index in [2.05, 4.69) is 0 Å². The number of esters is 1. The first kappa shape index (κ1) is 18.3. The van der Waals surface area contributed by atoms with E-state index in [0.29, 0.717) is 16.5 Å². The molecule has 0 spiro atoms. The third-order valence-electron chi connectivity index (χ3n) is 4.27. The number of hydrogen-bond donors (Lipinski definition) is 0. The number of para-hydroxylation sites is 1. The fourth-order valence-corrected chi connectivity index (χ4v) is 2.80. The molecule has 0 aliphatic heterocycles. The summed E-state index contributed by atoms with van der Waals surface area (Å²) in [6, 6.07) is 18.8. The highest BCUT2D eigenvalue weighted by Crippen LogP contribution is 2.18. The summed E-state index contributed by atoms with van der Waals surface area (Å²) in [7, 11) is 0. The van der Waals surface area contributed by atoms with E-state index in [0.717, 1.165) is 6.07 Å². The van der Waals surface area contributed by atoms with Gasteiger partial charge in [-0.1, -0.05) is 12.1 Å². The van der Waals surface area contributed by atoms with Gasteiger partial charge < -0.3 is 9.15 Å². The van der Waals surface area contributed by atoms with Crippen molar-refractivity contribution in [2.24, 2.45) is 0 Å². The Morgan fingerprint density at radius 2 is 1.45 bits per heavy atom. The van der Waals surface area contributed by atoms with Gasteiger partial charge in [0.15, 0.2) is 11.2 Å². The summed E-state index contributed by atoms with van der Waals surface area (Å²) >= 11 is 0. The van der Waals surface area contributed by atoms with E-state index in [9.17, 15) is 18.8 Å². The molecule has 3 aromatic carbocycles. The Morgan fingerprint density at radius 3 is 2.14 bits per heavy atom. The van der Waals surface area contributed by atoms with Crippen LogP contribution < -0.4 is 10.2 Å². The summed E-state index contributed by atoms with van der Waals surface area (Å²) in [5.41, 5.74) is 0.633. The zero-order valence-electron chi connectivity index (χ0n) is 14.9. The first-order chi connectivity index (χ1) is 14.0. The summed E-state index contributed by atoms with van der Waals surface area (Å²) in [5, 5.41) is 0.368. The van der Waals surface area contributed by atoms with E-state index in [4.69, 9.17) is 9.15 Å². The van der Waals surface area contributed by atoms with Crippen LogP contribution in [0.1, 0.15) is 26.5 Å². The lowest BCUT2D eigenvalue weighted by atomic mass is 10.0. The van der Waals surface area contributed by atoms with E-state index in [1.165, 1.54) is 48.5 Å². The Hall–Kier alpha value is -4.06. The normalized spacial score (nSPS) is 10.7. The summed E-state index contributed by atoms with van der Waals surface area (Å²) in [6.45, 7) is 0. The van der Waals surface area contributed by atoms with Crippen molar-refractivity contribution in [1.82, 2.24) is 0 Å². The van der Waals surface area contributed by atoms with Crippen LogP contribution in [-0.2, 0) is 0 Å². The minimum Gasteiger partial charge on any atom is -0.449 e. The van der Waals surface area contributed by atoms with Gasteiger partial charge in [-0.2, -0.15) is 0 Å². The fourth-order valence-electron chi connectivity index (χ4n) is 2.80. The van der Waals surface area contributed by atoms with Gasteiger partial charge in [0, 0.05) is 17.2 Å². The van der Waals surface area contributed by atoms with Crippen molar-refractivity contribution in [1.29, 1.82) is 0 Å². The Kier molecular flexibility index (Phi) is 4.75. The molecule has 0 fully saturated rings. The molecule has 0 aliphatic carbocycles. The summed E-state index contributed by atoms with van der Waals surface area (Å²) < 4.78 is 23.7. The molecule has 1 heterocycles. The van der Waals surface area contributed by atoms with Gasteiger partial charge >= 0.3 is 5.97 Å². The Balaban J connectivity index is 1.53. The number of hydrogen-bond acceptors (Lipinski definition) is 5. The predicted molar refractivity (Wildman–Crippen MR) is 104 cm³/mol. The van der Waals surface area contributed by atoms with Crippen LogP contribution in [-0.4, -0.2) is 11.8 Å². The molecule has 0 bridgehead atoms. The lowest BCUT2D eigenvalue weighted by Crippen LogP contribution is -2.12. The molecule has 6 heteroatoms. The van der Waals surface area contributed by atoms with E-state index >= 15 is 0 Å². The second kappa shape index (κ2) is 7.52. The SMILES string of the molecule is O=C(c1ccc(F)cc1)c1ccc(OC(=O)c2cc(=O)c3ccccc3o2)cc1. The van der Waals surface area contributed by atoms with Gasteiger partial charge in [0.25, 0.3) is 0 Å². The monoisotopic (exact) mass is 388 g/mol. The molecule has 4 rings (SSSR count). The van der Waals surface area contributed by atoms with Crippen LogP contribution in [0.2, 0.25) is 0 Å². The molecule has 0 N–H and O–H groups in total. The molecule has 29 heavy (non-hydrogen) atoms. The highest BCUT2D eigenvalue weighted by Gasteiger charge is 2.15. The number of benzene rings is 3. The topological polar surface area (TPSA) is 73.6 Å². The van der Waals surface area contributed by atoms with Crippen LogP contribution in [0.3, 0.4) is 0 Å². The van der Waals surface area contributed by atoms with Crippen LogP contribution in [0.5, 0.6) is 5.75 Å². The zero-order valence-corrected chi connectivity index (χ0v) is 14.9. The molecule has 0 unspecified atom stereocenters. The van der Waals surface area contributed by atoms with Crippen molar-refractivity contribution in [3.05, 3.63) is 112 Å². The largest absolute Gasteiger partial charge is 0.449 e. The van der Waals surface area contributed by atoms with Crippen molar-refractivity contribution in [3.63, 3.8) is 0 Å². The number of carbonyl (C=O) groups excluding carboxylic acids is 2. The molecule has 142 valence electrons. The fraction of sp³-hybridized carbons (Fsp3) is 0. The summed E-state index contributed by atoms with van der Waals surface area (Å²) in [6.07, 6.45) is 0. The minimum absolute atomic E-state index is 0.182. The summed E-state index contributed by atoms with van der Waals surface area (Å²) in [5.74, 6) is -1.58. The smallest absolute Gasteiger partial charge is 0.379 e. The molecule has 4 aromatic rings. The van der Waals surface area contributed by atoms with Crippen molar-refractivity contribution in [2.75, 3.05) is 0 Å². The molecule has 1 aromatic heterocycles. The second-order valence-electron chi connectivity index (χ2n) is 6.22. The van der Waals surface area contributed by atoms with Crippen LogP contribution in [0.15, 0.2) is 88.1 Å². The zero-order chi connectivity index (χ0) is 20.4. The van der Waals surface area contributed by atoms with Crippen LogP contribution >= 0.6 is 0 Å². The molecule has 0 amide bonds. The number of carbonyl (C=O) groups is 2. The number of ketones is 1. The van der Waals surface area contributed by atoms with E-state index in [1.807, 2.05) is 0 Å². The minimum atomic E-state index is -0.828. The van der Waals surface area contributed by atoms with E-state index in [-0.39, 0.29) is 28.3 Å². The van der Waals surface area contributed by atoms with Gasteiger partial charge in [0.05, 0.1) is 5.39 Å². The van der Waals surface area contributed by atoms with Crippen molar-refractivity contribution in [2.45, 2.75) is 0 Å². The Bertz CT molecular complexity index is 1270. The third-order valence-corrected chi connectivity index (χ3v) is 4.27. The molecule has 0 saturated heterocycles. The van der Waals surface area contributed by atoms with Gasteiger partial charge in [-0.25, -0.2) is 9.18 Å². The van der Waals surface area contributed by atoms with Gasteiger partial charge in [0.1, 0.15) is 17.1 Å².